The molecule has 0 heterocycles. The maximum atomic E-state index is 11.4. The van der Waals surface area contributed by atoms with Crippen LogP contribution in [0.15, 0.2) is 12.7 Å². The van der Waals surface area contributed by atoms with Crippen molar-refractivity contribution in [1.82, 2.24) is 5.32 Å². The summed E-state index contributed by atoms with van der Waals surface area (Å²) in [4.78, 5) is 11.4. The highest BCUT2D eigenvalue weighted by atomic mass is 16.3. The minimum absolute atomic E-state index is 0.0789. The Kier molecular flexibility index (Phi) is 4.66. The van der Waals surface area contributed by atoms with Crippen LogP contribution in [-0.4, -0.2) is 23.7 Å². The van der Waals surface area contributed by atoms with E-state index in [4.69, 9.17) is 5.11 Å². The molecule has 3 nitrogen and oxygen atoms in total. The largest absolute Gasteiger partial charge is 0.396 e. The van der Waals surface area contributed by atoms with E-state index in [0.717, 1.165) is 25.7 Å². The molecule has 1 rings (SSSR count). The summed E-state index contributed by atoms with van der Waals surface area (Å²) >= 11 is 0. The summed E-state index contributed by atoms with van der Waals surface area (Å²) in [5.74, 6) is 0.345. The summed E-state index contributed by atoms with van der Waals surface area (Å²) in [6, 6.07) is 0.192. The molecular weight excluding hydrogens is 178 g/mol. The molecule has 2 unspecified atom stereocenters. The Hall–Kier alpha value is -0.830. The molecule has 14 heavy (non-hydrogen) atoms. The van der Waals surface area contributed by atoms with Crippen molar-refractivity contribution < 1.29 is 9.90 Å². The number of hydrogen-bond donors (Lipinski definition) is 2. The molecule has 80 valence electrons. The van der Waals surface area contributed by atoms with Crippen molar-refractivity contribution in [2.45, 2.75) is 38.1 Å². The summed E-state index contributed by atoms with van der Waals surface area (Å²) in [6.07, 6.45) is 6.13. The second kappa shape index (κ2) is 5.81. The molecule has 0 saturated heterocycles. The van der Waals surface area contributed by atoms with E-state index in [1.807, 2.05) is 0 Å². The van der Waals surface area contributed by atoms with Crippen molar-refractivity contribution in [3.63, 3.8) is 0 Å². The van der Waals surface area contributed by atoms with E-state index < -0.39 is 0 Å². The van der Waals surface area contributed by atoms with Gasteiger partial charge in [-0.2, -0.15) is 0 Å². The van der Waals surface area contributed by atoms with E-state index in [-0.39, 0.29) is 24.5 Å². The van der Waals surface area contributed by atoms with E-state index in [1.165, 1.54) is 0 Å². The molecule has 1 aliphatic carbocycles. The Labute approximate surface area is 85.2 Å². The Balaban J connectivity index is 2.28. The third kappa shape index (κ3) is 3.14. The number of carbonyl (C=O) groups excluding carboxylic acids is 1. The van der Waals surface area contributed by atoms with Gasteiger partial charge in [0.25, 0.3) is 0 Å². The Morgan fingerprint density at radius 1 is 1.57 bits per heavy atom. The molecule has 3 heteroatoms. The smallest absolute Gasteiger partial charge is 0.220 e. The van der Waals surface area contributed by atoms with Crippen molar-refractivity contribution in [3.8, 4) is 0 Å². The minimum Gasteiger partial charge on any atom is -0.396 e. The normalized spacial score (nSPS) is 26.1. The zero-order chi connectivity index (χ0) is 10.4. The molecule has 0 bridgehead atoms. The first-order chi connectivity index (χ1) is 6.77. The highest BCUT2D eigenvalue weighted by molar-refractivity contribution is 5.76. The standard InChI is InChI=1S/C11H19NO2/c1-2-3-7-11(14)12-10-6-4-5-9(10)8-13/h2,9-10,13H,1,3-8H2,(H,12,14). The maximum Gasteiger partial charge on any atom is 0.220 e. The number of amides is 1. The molecule has 1 fully saturated rings. The predicted octanol–water partition coefficient (Wildman–Crippen LogP) is 1.23. The Morgan fingerprint density at radius 3 is 3.00 bits per heavy atom. The number of nitrogens with one attached hydrogen (secondary N) is 1. The SMILES string of the molecule is C=CCCC(=O)NC1CCCC1CO. The van der Waals surface area contributed by atoms with E-state index in [2.05, 4.69) is 11.9 Å². The van der Waals surface area contributed by atoms with E-state index in [9.17, 15) is 4.79 Å². The number of carbonyl (C=O) groups is 1. The van der Waals surface area contributed by atoms with Gasteiger partial charge in [0.1, 0.15) is 0 Å². The van der Waals surface area contributed by atoms with Gasteiger partial charge in [-0.25, -0.2) is 0 Å². The van der Waals surface area contributed by atoms with Crippen molar-refractivity contribution in [2.24, 2.45) is 5.92 Å². The molecule has 0 spiro atoms. The summed E-state index contributed by atoms with van der Waals surface area (Å²) in [6.45, 7) is 3.76. The van der Waals surface area contributed by atoms with Crippen LogP contribution in [0.4, 0.5) is 0 Å². The molecule has 1 saturated carbocycles. The zero-order valence-electron chi connectivity index (χ0n) is 8.54. The summed E-state index contributed by atoms with van der Waals surface area (Å²) in [5.41, 5.74) is 0. The van der Waals surface area contributed by atoms with Crippen molar-refractivity contribution in [3.05, 3.63) is 12.7 Å². The third-order valence-corrected chi connectivity index (χ3v) is 2.82. The lowest BCUT2D eigenvalue weighted by Gasteiger charge is -2.18. The van der Waals surface area contributed by atoms with Gasteiger partial charge >= 0.3 is 0 Å². The Bertz CT molecular complexity index is 203. The molecule has 0 aliphatic heterocycles. The van der Waals surface area contributed by atoms with Crippen LogP contribution in [0, 0.1) is 5.92 Å². The molecule has 2 N–H and O–H groups in total. The number of aliphatic hydroxyl groups excluding tert-OH is 1. The maximum absolute atomic E-state index is 11.4. The lowest BCUT2D eigenvalue weighted by molar-refractivity contribution is -0.122. The molecule has 2 atom stereocenters. The first-order valence-electron chi connectivity index (χ1n) is 5.29. The fraction of sp³-hybridized carbons (Fsp3) is 0.727. The van der Waals surface area contributed by atoms with Crippen molar-refractivity contribution in [1.29, 1.82) is 0 Å². The minimum atomic E-state index is 0.0789. The van der Waals surface area contributed by atoms with Crippen LogP contribution < -0.4 is 5.32 Å². The summed E-state index contributed by atoms with van der Waals surface area (Å²) in [7, 11) is 0. The lowest BCUT2D eigenvalue weighted by Crippen LogP contribution is -2.38. The van der Waals surface area contributed by atoms with Gasteiger partial charge < -0.3 is 10.4 Å². The van der Waals surface area contributed by atoms with Gasteiger partial charge in [0.05, 0.1) is 0 Å². The number of hydrogen-bond acceptors (Lipinski definition) is 2. The highest BCUT2D eigenvalue weighted by Gasteiger charge is 2.27. The van der Waals surface area contributed by atoms with Gasteiger partial charge in [0, 0.05) is 25.0 Å². The monoisotopic (exact) mass is 197 g/mol. The van der Waals surface area contributed by atoms with Crippen LogP contribution in [0.5, 0.6) is 0 Å². The number of allylic oxidation sites excluding steroid dienone is 1. The third-order valence-electron chi connectivity index (χ3n) is 2.82. The number of aliphatic hydroxyl groups is 1. The van der Waals surface area contributed by atoms with Crippen LogP contribution in [0.25, 0.3) is 0 Å². The first kappa shape index (κ1) is 11.2. The van der Waals surface area contributed by atoms with Gasteiger partial charge in [-0.3, -0.25) is 4.79 Å². The first-order valence-corrected chi connectivity index (χ1v) is 5.29. The van der Waals surface area contributed by atoms with Gasteiger partial charge in [0.15, 0.2) is 0 Å². The van der Waals surface area contributed by atoms with Gasteiger partial charge in [0.2, 0.25) is 5.91 Å². The average molecular weight is 197 g/mol. The lowest BCUT2D eigenvalue weighted by atomic mass is 10.0. The van der Waals surface area contributed by atoms with Gasteiger partial charge in [-0.05, 0) is 19.3 Å². The fourth-order valence-electron chi connectivity index (χ4n) is 1.96. The van der Waals surface area contributed by atoms with Gasteiger partial charge in [-0.1, -0.05) is 12.5 Å². The zero-order valence-corrected chi connectivity index (χ0v) is 8.54. The summed E-state index contributed by atoms with van der Waals surface area (Å²) < 4.78 is 0. The van der Waals surface area contributed by atoms with Crippen molar-refractivity contribution in [2.75, 3.05) is 6.61 Å². The second-order valence-corrected chi connectivity index (χ2v) is 3.87. The highest BCUT2D eigenvalue weighted by Crippen LogP contribution is 2.24. The van der Waals surface area contributed by atoms with E-state index >= 15 is 0 Å². The molecule has 0 aromatic rings. The van der Waals surface area contributed by atoms with Crippen LogP contribution in [0.1, 0.15) is 32.1 Å². The molecule has 1 aliphatic rings. The quantitative estimate of drug-likeness (QED) is 0.651. The van der Waals surface area contributed by atoms with Gasteiger partial charge in [-0.15, -0.1) is 6.58 Å². The van der Waals surface area contributed by atoms with Crippen LogP contribution >= 0.6 is 0 Å². The molecule has 0 radical (unpaired) electrons. The molecule has 0 aromatic heterocycles. The molecule has 0 aromatic carbocycles. The molecule has 1 amide bonds. The second-order valence-electron chi connectivity index (χ2n) is 3.87. The number of rotatable bonds is 5. The van der Waals surface area contributed by atoms with Crippen LogP contribution in [0.2, 0.25) is 0 Å². The topological polar surface area (TPSA) is 49.3 Å². The fourth-order valence-corrected chi connectivity index (χ4v) is 1.96. The van der Waals surface area contributed by atoms with Crippen LogP contribution in [0.3, 0.4) is 0 Å². The van der Waals surface area contributed by atoms with Crippen molar-refractivity contribution >= 4 is 5.91 Å². The Morgan fingerprint density at radius 2 is 2.36 bits per heavy atom. The molecular formula is C11H19NO2. The summed E-state index contributed by atoms with van der Waals surface area (Å²) in [5, 5.41) is 12.0. The average Bonchev–Trinajstić information content (AvgIpc) is 2.62. The van der Waals surface area contributed by atoms with E-state index in [1.54, 1.807) is 6.08 Å². The predicted molar refractivity (Wildman–Crippen MR) is 55.8 cm³/mol. The van der Waals surface area contributed by atoms with E-state index in [0.29, 0.717) is 6.42 Å². The van der Waals surface area contributed by atoms with Crippen LogP contribution in [-0.2, 0) is 4.79 Å².